The third kappa shape index (κ3) is 5.32. The van der Waals surface area contributed by atoms with Gasteiger partial charge < -0.3 is 21.3 Å². The van der Waals surface area contributed by atoms with Gasteiger partial charge in [-0.2, -0.15) is 0 Å². The van der Waals surface area contributed by atoms with Gasteiger partial charge in [-0.05, 0) is 82.9 Å². The topological polar surface area (TPSA) is 87.5 Å². The Morgan fingerprint density at radius 1 is 1.09 bits per heavy atom. The van der Waals surface area contributed by atoms with E-state index in [1.807, 2.05) is 19.1 Å². The number of nitrogens with two attached hydrogens (primary N) is 1. The molecule has 0 radical (unpaired) electrons. The molecule has 4 N–H and O–H groups in total. The lowest BCUT2D eigenvalue weighted by Crippen LogP contribution is -2.42. The average Bonchev–Trinajstić information content (AvgIpc) is 2.79. The van der Waals surface area contributed by atoms with Crippen molar-refractivity contribution >= 4 is 17.5 Å². The second-order valence-corrected chi connectivity index (χ2v) is 9.72. The summed E-state index contributed by atoms with van der Waals surface area (Å²) in [7, 11) is 0. The van der Waals surface area contributed by atoms with Gasteiger partial charge in [0.25, 0.3) is 5.91 Å². The van der Waals surface area contributed by atoms with E-state index in [0.29, 0.717) is 17.6 Å². The van der Waals surface area contributed by atoms with Crippen molar-refractivity contribution in [3.05, 3.63) is 52.6 Å². The van der Waals surface area contributed by atoms with Crippen LogP contribution in [0.2, 0.25) is 0 Å². The van der Waals surface area contributed by atoms with Crippen molar-refractivity contribution in [1.82, 2.24) is 10.6 Å². The number of fused-ring (bicyclic) bond motifs is 1. The minimum absolute atomic E-state index is 0.0493. The van der Waals surface area contributed by atoms with E-state index in [4.69, 9.17) is 5.73 Å². The third-order valence-corrected chi connectivity index (χ3v) is 7.39. The number of rotatable bonds is 3. The van der Waals surface area contributed by atoms with Crippen molar-refractivity contribution in [3.63, 3.8) is 0 Å². The van der Waals surface area contributed by atoms with Crippen molar-refractivity contribution in [2.24, 2.45) is 5.73 Å². The average molecular weight is 451 g/mol. The highest BCUT2D eigenvalue weighted by molar-refractivity contribution is 6.00. The molecule has 1 unspecified atom stereocenters. The molecule has 6 nitrogen and oxygen atoms in total. The number of anilines is 1. The maximum absolute atomic E-state index is 13.3. The van der Waals surface area contributed by atoms with Gasteiger partial charge in [-0.3, -0.25) is 9.59 Å². The molecule has 2 heterocycles. The van der Waals surface area contributed by atoms with E-state index in [0.717, 1.165) is 74.7 Å². The van der Waals surface area contributed by atoms with E-state index in [1.165, 1.54) is 5.57 Å². The normalized spacial score (nSPS) is 26.3. The van der Waals surface area contributed by atoms with Gasteiger partial charge in [0.05, 0.1) is 0 Å². The van der Waals surface area contributed by atoms with Gasteiger partial charge in [0.1, 0.15) is 0 Å². The Morgan fingerprint density at radius 2 is 1.88 bits per heavy atom. The molecular weight excluding hydrogens is 412 g/mol. The zero-order valence-electron chi connectivity index (χ0n) is 20.0. The number of hydrogen-bond donors (Lipinski definition) is 3. The lowest BCUT2D eigenvalue weighted by molar-refractivity contribution is -0.118. The van der Waals surface area contributed by atoms with E-state index in [2.05, 4.69) is 40.7 Å². The Kier molecular flexibility index (Phi) is 7.53. The van der Waals surface area contributed by atoms with E-state index < -0.39 is 0 Å². The molecule has 4 rings (SSSR count). The van der Waals surface area contributed by atoms with Crippen molar-refractivity contribution in [2.75, 3.05) is 18.0 Å². The molecule has 33 heavy (non-hydrogen) atoms. The summed E-state index contributed by atoms with van der Waals surface area (Å²) in [5.74, 6) is -0.160. The first-order valence-corrected chi connectivity index (χ1v) is 12.6. The Bertz CT molecular complexity index is 943. The van der Waals surface area contributed by atoms with Gasteiger partial charge in [0, 0.05) is 48.0 Å². The molecule has 1 aromatic carbocycles. The highest BCUT2D eigenvalue weighted by Crippen LogP contribution is 2.32. The van der Waals surface area contributed by atoms with Crippen LogP contribution in [0, 0.1) is 0 Å². The quantitative estimate of drug-likeness (QED) is 0.614. The highest BCUT2D eigenvalue weighted by atomic mass is 16.2. The minimum Gasteiger partial charge on any atom is -0.369 e. The molecule has 3 aliphatic rings. The number of nitrogens with zero attached hydrogens (tertiary/aromatic N) is 1. The summed E-state index contributed by atoms with van der Waals surface area (Å²) < 4.78 is 0. The molecule has 1 aromatic rings. The Labute approximate surface area is 197 Å². The van der Waals surface area contributed by atoms with Crippen LogP contribution in [0.1, 0.15) is 74.7 Å². The molecule has 0 saturated heterocycles. The zero-order chi connectivity index (χ0) is 23.4. The van der Waals surface area contributed by atoms with Gasteiger partial charge in [-0.15, -0.1) is 0 Å². The van der Waals surface area contributed by atoms with Crippen LogP contribution < -0.4 is 21.3 Å². The lowest BCUT2D eigenvalue weighted by atomic mass is 9.89. The largest absolute Gasteiger partial charge is 0.369 e. The summed E-state index contributed by atoms with van der Waals surface area (Å²) in [4.78, 5) is 28.4. The van der Waals surface area contributed by atoms with Gasteiger partial charge in [0.15, 0.2) is 0 Å². The third-order valence-electron chi connectivity index (χ3n) is 7.39. The van der Waals surface area contributed by atoms with Crippen molar-refractivity contribution in [2.45, 2.75) is 83.3 Å². The van der Waals surface area contributed by atoms with E-state index in [1.54, 1.807) is 0 Å². The summed E-state index contributed by atoms with van der Waals surface area (Å²) >= 11 is 0. The van der Waals surface area contributed by atoms with Crippen LogP contribution in [-0.4, -0.2) is 43.0 Å². The Balaban J connectivity index is 1.65. The molecule has 0 aromatic heterocycles. The van der Waals surface area contributed by atoms with Crippen LogP contribution in [0.4, 0.5) is 5.69 Å². The van der Waals surface area contributed by atoms with Gasteiger partial charge in [-0.25, -0.2) is 0 Å². The summed E-state index contributed by atoms with van der Waals surface area (Å²) in [6.07, 6.45) is 12.0. The molecule has 2 aliphatic heterocycles. The number of hydrogen-bond acceptors (Lipinski definition) is 4. The van der Waals surface area contributed by atoms with Gasteiger partial charge in [-0.1, -0.05) is 23.8 Å². The first kappa shape index (κ1) is 23.6. The molecule has 6 heteroatoms. The smallest absolute Gasteiger partial charge is 0.251 e. The van der Waals surface area contributed by atoms with Crippen LogP contribution in [0.25, 0.3) is 0 Å². The molecule has 1 saturated carbocycles. The molecule has 0 bridgehead atoms. The first-order chi connectivity index (χ1) is 16.0. The molecule has 0 spiro atoms. The predicted octanol–water partition coefficient (Wildman–Crippen LogP) is 3.61. The summed E-state index contributed by atoms with van der Waals surface area (Å²) in [6.45, 7) is 5.40. The molecule has 1 atom stereocenters. The van der Waals surface area contributed by atoms with Crippen molar-refractivity contribution in [3.8, 4) is 0 Å². The van der Waals surface area contributed by atoms with Crippen LogP contribution >= 0.6 is 0 Å². The van der Waals surface area contributed by atoms with Gasteiger partial charge in [0.2, 0.25) is 5.91 Å². The van der Waals surface area contributed by atoms with Crippen LogP contribution in [0.15, 0.2) is 41.5 Å². The molecule has 1 aliphatic carbocycles. The SMILES string of the molecule is CCN(c1cccc2c1CC=CCCC1=C(CNC2=O)C(=O)NC(C)C1)C1CCC(N)CC1. The fourth-order valence-corrected chi connectivity index (χ4v) is 5.62. The number of carbonyl (C=O) groups is 2. The number of carbonyl (C=O) groups excluding carboxylic acids is 2. The lowest BCUT2D eigenvalue weighted by Gasteiger charge is -2.38. The summed E-state index contributed by atoms with van der Waals surface area (Å²) in [5.41, 5.74) is 11.0. The number of nitrogens with one attached hydrogen (secondary N) is 2. The van der Waals surface area contributed by atoms with Crippen molar-refractivity contribution < 1.29 is 9.59 Å². The minimum atomic E-state index is -0.110. The number of amides is 2. The van der Waals surface area contributed by atoms with E-state index >= 15 is 0 Å². The van der Waals surface area contributed by atoms with Crippen LogP contribution in [0.5, 0.6) is 0 Å². The highest BCUT2D eigenvalue weighted by Gasteiger charge is 2.28. The molecule has 1 fully saturated rings. The number of allylic oxidation sites excluding steroid dienone is 2. The standard InChI is InChI=1S/C27H38N4O2/c1-3-31(21-14-12-20(28)13-15-21)25-11-7-10-23-22(25)9-6-4-5-8-19-16-18(2)30-27(33)24(19)17-29-26(23)32/h4,6-7,10-11,18,20-21H,3,5,8-9,12-17,28H2,1-2H3,(H,29,32)(H,30,33). The van der Waals surface area contributed by atoms with Crippen molar-refractivity contribution in [1.29, 1.82) is 0 Å². The molecule has 178 valence electrons. The fraction of sp³-hybridized carbons (Fsp3) is 0.556. The van der Waals surface area contributed by atoms with Crippen LogP contribution in [0.3, 0.4) is 0 Å². The number of benzene rings is 1. The molecular formula is C27H38N4O2. The van der Waals surface area contributed by atoms with Crippen LogP contribution in [-0.2, 0) is 11.2 Å². The first-order valence-electron chi connectivity index (χ1n) is 12.6. The second kappa shape index (κ2) is 10.6. The zero-order valence-corrected chi connectivity index (χ0v) is 20.0. The Hall–Kier alpha value is -2.60. The van der Waals surface area contributed by atoms with E-state index in [9.17, 15) is 9.59 Å². The Morgan fingerprint density at radius 3 is 2.64 bits per heavy atom. The maximum atomic E-state index is 13.3. The maximum Gasteiger partial charge on any atom is 0.251 e. The van der Waals surface area contributed by atoms with E-state index in [-0.39, 0.29) is 24.4 Å². The summed E-state index contributed by atoms with van der Waals surface area (Å²) in [6, 6.07) is 6.96. The van der Waals surface area contributed by atoms with Gasteiger partial charge >= 0.3 is 0 Å². The summed E-state index contributed by atoms with van der Waals surface area (Å²) in [5, 5.41) is 6.07. The second-order valence-electron chi connectivity index (χ2n) is 9.72. The molecule has 2 amide bonds. The fourth-order valence-electron chi connectivity index (χ4n) is 5.62. The monoisotopic (exact) mass is 450 g/mol. The predicted molar refractivity (Wildman–Crippen MR) is 133 cm³/mol.